The van der Waals surface area contributed by atoms with Crippen LogP contribution in [0.5, 0.6) is 0 Å². The molecule has 0 fully saturated rings. The molecule has 0 radical (unpaired) electrons. The molecule has 1 N–H and O–H groups in total. The van der Waals surface area contributed by atoms with Crippen molar-refractivity contribution in [3.63, 3.8) is 0 Å². The number of hydrogen-bond acceptors (Lipinski definition) is 6. The largest absolute Gasteiger partial charge is 0.321 e. The fraction of sp³-hybridized carbons (Fsp3) is 0.227. The predicted molar refractivity (Wildman–Crippen MR) is 121 cm³/mol. The summed E-state index contributed by atoms with van der Waals surface area (Å²) in [6.45, 7) is 6.09. The first kappa shape index (κ1) is 20.7. The topological polar surface area (TPSA) is 94.7 Å². The Bertz CT molecular complexity index is 1320. The van der Waals surface area contributed by atoms with Crippen molar-refractivity contribution in [1.29, 1.82) is 0 Å². The maximum Gasteiger partial charge on any atom is 0.277 e. The second-order valence-corrected chi connectivity index (χ2v) is 8.30. The lowest BCUT2D eigenvalue weighted by Crippen LogP contribution is -2.23. The third-order valence-corrected chi connectivity index (χ3v) is 6.20. The van der Waals surface area contributed by atoms with E-state index in [0.29, 0.717) is 33.4 Å². The Morgan fingerprint density at radius 1 is 1.16 bits per heavy atom. The molecule has 3 aromatic heterocycles. The van der Waals surface area contributed by atoms with Crippen LogP contribution in [0.25, 0.3) is 10.6 Å². The number of anilines is 1. The lowest BCUT2D eigenvalue weighted by molar-refractivity contribution is 0.103. The molecule has 0 saturated carbocycles. The van der Waals surface area contributed by atoms with Crippen molar-refractivity contribution in [3.8, 4) is 10.6 Å². The van der Waals surface area contributed by atoms with Gasteiger partial charge in [-0.1, -0.05) is 12.1 Å². The van der Waals surface area contributed by atoms with Crippen LogP contribution in [0.1, 0.15) is 32.2 Å². The molecule has 1 amide bonds. The van der Waals surface area contributed by atoms with E-state index >= 15 is 0 Å². The van der Waals surface area contributed by atoms with Crippen LogP contribution in [0.4, 0.5) is 5.69 Å². The molecule has 0 bridgehead atoms. The summed E-state index contributed by atoms with van der Waals surface area (Å²) in [5.74, 6) is -0.252. The highest BCUT2D eigenvalue weighted by atomic mass is 32.1. The summed E-state index contributed by atoms with van der Waals surface area (Å²) in [7, 11) is 1.61. The molecule has 0 aliphatic rings. The van der Waals surface area contributed by atoms with Gasteiger partial charge in [-0.05, 0) is 50.1 Å². The highest BCUT2D eigenvalue weighted by Gasteiger charge is 2.21. The summed E-state index contributed by atoms with van der Waals surface area (Å²) in [4.78, 5) is 30.6. The average Bonchev–Trinajstić information content (AvgIpc) is 3.37. The average molecular weight is 435 g/mol. The standard InChI is InChI=1S/C22H22N6O2S/c1-13-14(2)26-27(4)22(30)18(13)21-24-15(3)19(31-21)20(29)25-17-8-5-7-16(11-17)12-28-10-6-9-23-28/h5-11H,12H2,1-4H3,(H,25,29). The second kappa shape index (κ2) is 8.27. The van der Waals surface area contributed by atoms with Crippen molar-refractivity contribution in [3.05, 3.63) is 80.5 Å². The molecule has 0 aliphatic heterocycles. The number of nitrogens with zero attached hydrogens (tertiary/aromatic N) is 5. The molecule has 0 spiro atoms. The molecule has 0 saturated heterocycles. The van der Waals surface area contributed by atoms with Gasteiger partial charge in [-0.25, -0.2) is 9.67 Å². The Labute approximate surface area is 183 Å². The Hall–Kier alpha value is -3.59. The molecule has 4 rings (SSSR count). The number of hydrogen-bond donors (Lipinski definition) is 1. The van der Waals surface area contributed by atoms with E-state index in [-0.39, 0.29) is 11.5 Å². The second-order valence-electron chi connectivity index (χ2n) is 7.31. The number of aryl methyl sites for hydroxylation is 3. The van der Waals surface area contributed by atoms with Crippen molar-refractivity contribution in [2.75, 3.05) is 5.32 Å². The Morgan fingerprint density at radius 3 is 2.71 bits per heavy atom. The molecular weight excluding hydrogens is 412 g/mol. The molecule has 3 heterocycles. The maximum absolute atomic E-state index is 13.0. The van der Waals surface area contributed by atoms with E-state index in [1.54, 1.807) is 20.2 Å². The number of amides is 1. The van der Waals surface area contributed by atoms with Gasteiger partial charge >= 0.3 is 0 Å². The van der Waals surface area contributed by atoms with Gasteiger partial charge in [-0.3, -0.25) is 14.3 Å². The molecule has 31 heavy (non-hydrogen) atoms. The Morgan fingerprint density at radius 2 is 1.97 bits per heavy atom. The minimum atomic E-state index is -0.252. The van der Waals surface area contributed by atoms with Gasteiger partial charge in [0.05, 0.1) is 23.5 Å². The van der Waals surface area contributed by atoms with E-state index in [0.717, 1.165) is 16.8 Å². The third kappa shape index (κ3) is 4.17. The number of benzene rings is 1. The molecule has 0 unspecified atom stereocenters. The van der Waals surface area contributed by atoms with Gasteiger partial charge < -0.3 is 5.32 Å². The van der Waals surface area contributed by atoms with Gasteiger partial charge in [0.25, 0.3) is 11.5 Å². The smallest absolute Gasteiger partial charge is 0.277 e. The molecule has 158 valence electrons. The summed E-state index contributed by atoms with van der Waals surface area (Å²) in [6.07, 6.45) is 3.62. The maximum atomic E-state index is 13.0. The van der Waals surface area contributed by atoms with Crippen LogP contribution in [0.2, 0.25) is 0 Å². The third-order valence-electron chi connectivity index (χ3n) is 5.03. The molecule has 1 aromatic carbocycles. The van der Waals surface area contributed by atoms with Crippen LogP contribution in [-0.2, 0) is 13.6 Å². The Balaban J connectivity index is 1.60. The number of rotatable bonds is 5. The van der Waals surface area contributed by atoms with Crippen molar-refractivity contribution < 1.29 is 4.79 Å². The molecule has 8 nitrogen and oxygen atoms in total. The van der Waals surface area contributed by atoms with E-state index in [9.17, 15) is 9.59 Å². The molecule has 0 aliphatic carbocycles. The van der Waals surface area contributed by atoms with Crippen LogP contribution in [0.15, 0.2) is 47.5 Å². The SMILES string of the molecule is Cc1nc(-c2c(C)c(C)nn(C)c2=O)sc1C(=O)Nc1cccc(Cn2cccn2)c1. The highest BCUT2D eigenvalue weighted by molar-refractivity contribution is 7.17. The highest BCUT2D eigenvalue weighted by Crippen LogP contribution is 2.29. The first-order valence-corrected chi connectivity index (χ1v) is 10.5. The molecular formula is C22H22N6O2S. The number of nitrogens with one attached hydrogen (secondary N) is 1. The van der Waals surface area contributed by atoms with Crippen molar-refractivity contribution in [2.45, 2.75) is 27.3 Å². The van der Waals surface area contributed by atoms with Crippen molar-refractivity contribution in [2.24, 2.45) is 7.05 Å². The van der Waals surface area contributed by atoms with Crippen molar-refractivity contribution in [1.82, 2.24) is 24.5 Å². The number of aromatic nitrogens is 5. The van der Waals surface area contributed by atoms with Crippen LogP contribution >= 0.6 is 11.3 Å². The zero-order valence-electron chi connectivity index (χ0n) is 17.7. The van der Waals surface area contributed by atoms with Gasteiger partial charge in [0.2, 0.25) is 0 Å². The first-order chi connectivity index (χ1) is 14.8. The van der Waals surface area contributed by atoms with E-state index in [4.69, 9.17) is 0 Å². The summed E-state index contributed by atoms with van der Waals surface area (Å²) in [6, 6.07) is 9.51. The van der Waals surface area contributed by atoms with E-state index in [1.165, 1.54) is 16.0 Å². The van der Waals surface area contributed by atoms with E-state index < -0.39 is 0 Å². The first-order valence-electron chi connectivity index (χ1n) is 9.73. The summed E-state index contributed by atoms with van der Waals surface area (Å²) in [5, 5.41) is 11.9. The number of carbonyl (C=O) groups is 1. The predicted octanol–water partition coefficient (Wildman–Crippen LogP) is 3.33. The van der Waals surface area contributed by atoms with Crippen LogP contribution in [0.3, 0.4) is 0 Å². The lowest BCUT2D eigenvalue weighted by Gasteiger charge is -2.08. The minimum absolute atomic E-state index is 0.227. The van der Waals surface area contributed by atoms with Gasteiger partial charge in [0.1, 0.15) is 9.88 Å². The minimum Gasteiger partial charge on any atom is -0.321 e. The normalized spacial score (nSPS) is 11.0. The summed E-state index contributed by atoms with van der Waals surface area (Å²) in [5.41, 5.74) is 4.09. The monoisotopic (exact) mass is 434 g/mol. The zero-order chi connectivity index (χ0) is 22.1. The molecule has 4 aromatic rings. The van der Waals surface area contributed by atoms with Gasteiger partial charge in [-0.15, -0.1) is 11.3 Å². The van der Waals surface area contributed by atoms with Gasteiger partial charge in [-0.2, -0.15) is 10.2 Å². The van der Waals surface area contributed by atoms with E-state index in [2.05, 4.69) is 20.5 Å². The summed E-state index contributed by atoms with van der Waals surface area (Å²) >= 11 is 1.22. The zero-order valence-corrected chi connectivity index (χ0v) is 18.5. The Kier molecular flexibility index (Phi) is 5.51. The fourth-order valence-electron chi connectivity index (χ4n) is 3.33. The quantitative estimate of drug-likeness (QED) is 0.520. The van der Waals surface area contributed by atoms with Crippen LogP contribution < -0.4 is 10.9 Å². The number of carbonyl (C=O) groups excluding carboxylic acids is 1. The van der Waals surface area contributed by atoms with Crippen LogP contribution in [0, 0.1) is 20.8 Å². The van der Waals surface area contributed by atoms with Crippen molar-refractivity contribution >= 4 is 22.9 Å². The summed E-state index contributed by atoms with van der Waals surface area (Å²) < 4.78 is 3.12. The fourth-order valence-corrected chi connectivity index (χ4v) is 4.39. The van der Waals surface area contributed by atoms with E-state index in [1.807, 2.05) is 55.1 Å². The number of thiazole rings is 1. The van der Waals surface area contributed by atoms with Crippen LogP contribution in [-0.4, -0.2) is 30.5 Å². The molecule has 9 heteroatoms. The lowest BCUT2D eigenvalue weighted by atomic mass is 10.1. The van der Waals surface area contributed by atoms with Gasteiger partial charge in [0.15, 0.2) is 0 Å². The van der Waals surface area contributed by atoms with Gasteiger partial charge in [0, 0.05) is 25.1 Å². The molecule has 0 atom stereocenters.